The fourth-order valence-electron chi connectivity index (χ4n) is 2.31. The Kier molecular flexibility index (Phi) is 8.42. The van der Waals surface area contributed by atoms with Crippen molar-refractivity contribution in [3.63, 3.8) is 0 Å². The third kappa shape index (κ3) is 6.03. The van der Waals surface area contributed by atoms with E-state index in [0.717, 1.165) is 38.5 Å². The van der Waals surface area contributed by atoms with Crippen molar-refractivity contribution >= 4 is 11.9 Å². The highest BCUT2D eigenvalue weighted by Gasteiger charge is 2.39. The summed E-state index contributed by atoms with van der Waals surface area (Å²) in [6, 6.07) is 0. The summed E-state index contributed by atoms with van der Waals surface area (Å²) >= 11 is 0. The predicted molar refractivity (Wildman–Crippen MR) is 70.6 cm³/mol. The highest BCUT2D eigenvalue weighted by Crippen LogP contribution is 2.35. The van der Waals surface area contributed by atoms with Crippen molar-refractivity contribution in [2.45, 2.75) is 71.6 Å². The Bertz CT molecular complexity index is 251. The van der Waals surface area contributed by atoms with Gasteiger partial charge in [0.05, 0.1) is 11.8 Å². The van der Waals surface area contributed by atoms with Crippen LogP contribution in [0.15, 0.2) is 0 Å². The van der Waals surface area contributed by atoms with Crippen LogP contribution in [0.2, 0.25) is 0 Å². The molecule has 0 amide bonds. The van der Waals surface area contributed by atoms with Crippen LogP contribution in [0.3, 0.4) is 0 Å². The Morgan fingerprint density at radius 2 is 1.33 bits per heavy atom. The lowest BCUT2D eigenvalue weighted by molar-refractivity contribution is -0.157. The maximum absolute atomic E-state index is 11.5. The van der Waals surface area contributed by atoms with Crippen molar-refractivity contribution in [1.82, 2.24) is 0 Å². The van der Waals surface area contributed by atoms with Crippen molar-refractivity contribution < 1.29 is 19.8 Å². The lowest BCUT2D eigenvalue weighted by Crippen LogP contribution is -2.33. The third-order valence-corrected chi connectivity index (χ3v) is 3.46. The second-order valence-electron chi connectivity index (χ2n) is 5.07. The number of carboxylic acids is 2. The molecule has 0 spiro atoms. The fourth-order valence-corrected chi connectivity index (χ4v) is 2.31. The van der Waals surface area contributed by atoms with Gasteiger partial charge in [0.1, 0.15) is 0 Å². The first-order chi connectivity index (χ1) is 8.48. The first-order valence-electron chi connectivity index (χ1n) is 6.93. The molecule has 0 heterocycles. The Hall–Kier alpha value is -1.06. The van der Waals surface area contributed by atoms with Gasteiger partial charge in [0.2, 0.25) is 0 Å². The van der Waals surface area contributed by atoms with Gasteiger partial charge in [0.25, 0.3) is 0 Å². The van der Waals surface area contributed by atoms with Crippen LogP contribution in [0.1, 0.15) is 71.6 Å². The van der Waals surface area contributed by atoms with Gasteiger partial charge in [-0.2, -0.15) is 0 Å². The van der Waals surface area contributed by atoms with Gasteiger partial charge >= 0.3 is 11.9 Å². The number of aliphatic carboxylic acids is 2. The van der Waals surface area contributed by atoms with E-state index in [9.17, 15) is 14.7 Å². The number of hydrogen-bond acceptors (Lipinski definition) is 2. The van der Waals surface area contributed by atoms with E-state index < -0.39 is 17.4 Å². The number of hydrogen-bond donors (Lipinski definition) is 2. The number of unbranched alkanes of at least 4 members (excludes halogenated alkanes) is 4. The Morgan fingerprint density at radius 3 is 1.61 bits per heavy atom. The number of rotatable bonds is 11. The molecule has 0 aromatic heterocycles. The zero-order valence-corrected chi connectivity index (χ0v) is 11.6. The standard InChI is InChI=1S/C14H26O4/c1-3-5-7-9-14(13(17)18,11-12(15)16)10-8-6-4-2/h3-11H2,1-2H3,(H,15,16)(H,17,18). The molecule has 0 unspecified atom stereocenters. The average molecular weight is 258 g/mol. The molecule has 0 saturated carbocycles. The minimum Gasteiger partial charge on any atom is -0.481 e. The molecule has 18 heavy (non-hydrogen) atoms. The van der Waals surface area contributed by atoms with E-state index in [2.05, 4.69) is 13.8 Å². The highest BCUT2D eigenvalue weighted by molar-refractivity contribution is 5.81. The molecule has 0 aliphatic heterocycles. The van der Waals surface area contributed by atoms with Crippen molar-refractivity contribution in [2.24, 2.45) is 5.41 Å². The summed E-state index contributed by atoms with van der Waals surface area (Å²) in [6.45, 7) is 4.10. The van der Waals surface area contributed by atoms with Gasteiger partial charge in [-0.15, -0.1) is 0 Å². The number of carboxylic acid groups (broad SMARTS) is 2. The second kappa shape index (κ2) is 8.95. The van der Waals surface area contributed by atoms with Crippen molar-refractivity contribution in [3.8, 4) is 0 Å². The van der Waals surface area contributed by atoms with Crippen LogP contribution in [-0.2, 0) is 9.59 Å². The van der Waals surface area contributed by atoms with Crippen LogP contribution < -0.4 is 0 Å². The summed E-state index contributed by atoms with van der Waals surface area (Å²) in [5, 5.41) is 18.4. The minimum atomic E-state index is -1.06. The first kappa shape index (κ1) is 16.9. The average Bonchev–Trinajstić information content (AvgIpc) is 2.28. The Balaban J connectivity index is 4.67. The van der Waals surface area contributed by atoms with Gasteiger partial charge < -0.3 is 10.2 Å². The summed E-state index contributed by atoms with van der Waals surface area (Å²) in [4.78, 5) is 22.4. The molecular formula is C14H26O4. The molecular weight excluding hydrogens is 232 g/mol. The molecule has 2 N–H and O–H groups in total. The van der Waals surface area contributed by atoms with Crippen LogP contribution >= 0.6 is 0 Å². The van der Waals surface area contributed by atoms with Crippen LogP contribution in [0.4, 0.5) is 0 Å². The van der Waals surface area contributed by atoms with Crippen molar-refractivity contribution in [3.05, 3.63) is 0 Å². The van der Waals surface area contributed by atoms with E-state index in [0.29, 0.717) is 12.8 Å². The zero-order chi connectivity index (χ0) is 14.0. The molecule has 0 aliphatic carbocycles. The van der Waals surface area contributed by atoms with Gasteiger partial charge in [-0.1, -0.05) is 52.4 Å². The third-order valence-electron chi connectivity index (χ3n) is 3.46. The summed E-state index contributed by atoms with van der Waals surface area (Å²) < 4.78 is 0. The molecule has 0 aromatic carbocycles. The molecule has 0 bridgehead atoms. The smallest absolute Gasteiger partial charge is 0.310 e. The van der Waals surface area contributed by atoms with Gasteiger partial charge in [-0.05, 0) is 12.8 Å². The lowest BCUT2D eigenvalue weighted by Gasteiger charge is -2.28. The molecule has 0 radical (unpaired) electrons. The van der Waals surface area contributed by atoms with Gasteiger partial charge in [-0.3, -0.25) is 9.59 Å². The normalized spacial score (nSPS) is 11.4. The summed E-state index contributed by atoms with van der Waals surface area (Å²) in [5.41, 5.74) is -1.06. The summed E-state index contributed by atoms with van der Waals surface area (Å²) in [6.07, 6.45) is 6.23. The SMILES string of the molecule is CCCCCC(CCCCC)(CC(=O)O)C(=O)O. The van der Waals surface area contributed by atoms with Gasteiger partial charge in [-0.25, -0.2) is 0 Å². The van der Waals surface area contributed by atoms with Gasteiger partial charge in [0.15, 0.2) is 0 Å². The maximum atomic E-state index is 11.5. The molecule has 4 heteroatoms. The topological polar surface area (TPSA) is 74.6 Å². The Morgan fingerprint density at radius 1 is 0.889 bits per heavy atom. The van der Waals surface area contributed by atoms with E-state index in [1.165, 1.54) is 0 Å². The van der Waals surface area contributed by atoms with Crippen molar-refractivity contribution in [2.75, 3.05) is 0 Å². The number of carbonyl (C=O) groups is 2. The maximum Gasteiger partial charge on any atom is 0.310 e. The quantitative estimate of drug-likeness (QED) is 0.554. The van der Waals surface area contributed by atoms with E-state index in [1.54, 1.807) is 0 Å². The molecule has 0 aromatic rings. The summed E-state index contributed by atoms with van der Waals surface area (Å²) in [5.74, 6) is -1.96. The Labute approximate surface area is 109 Å². The van der Waals surface area contributed by atoms with E-state index in [4.69, 9.17) is 5.11 Å². The minimum absolute atomic E-state index is 0.254. The molecule has 106 valence electrons. The van der Waals surface area contributed by atoms with Crippen LogP contribution in [0.5, 0.6) is 0 Å². The van der Waals surface area contributed by atoms with Crippen LogP contribution in [0, 0.1) is 5.41 Å². The molecule has 0 saturated heterocycles. The summed E-state index contributed by atoms with van der Waals surface area (Å²) in [7, 11) is 0. The molecule has 0 rings (SSSR count). The molecule has 0 fully saturated rings. The molecule has 4 nitrogen and oxygen atoms in total. The molecule has 0 aliphatic rings. The highest BCUT2D eigenvalue weighted by atomic mass is 16.4. The van der Waals surface area contributed by atoms with Crippen LogP contribution in [-0.4, -0.2) is 22.2 Å². The van der Waals surface area contributed by atoms with Crippen LogP contribution in [0.25, 0.3) is 0 Å². The molecule has 0 atom stereocenters. The zero-order valence-electron chi connectivity index (χ0n) is 11.6. The van der Waals surface area contributed by atoms with E-state index in [1.807, 2.05) is 0 Å². The second-order valence-corrected chi connectivity index (χ2v) is 5.07. The van der Waals surface area contributed by atoms with Crippen molar-refractivity contribution in [1.29, 1.82) is 0 Å². The lowest BCUT2D eigenvalue weighted by atomic mass is 9.75. The van der Waals surface area contributed by atoms with Gasteiger partial charge in [0, 0.05) is 0 Å². The first-order valence-corrected chi connectivity index (χ1v) is 6.93. The fraction of sp³-hybridized carbons (Fsp3) is 0.857. The largest absolute Gasteiger partial charge is 0.481 e. The van der Waals surface area contributed by atoms with E-state index >= 15 is 0 Å². The predicted octanol–water partition coefficient (Wildman–Crippen LogP) is 3.69. The monoisotopic (exact) mass is 258 g/mol. The van der Waals surface area contributed by atoms with E-state index in [-0.39, 0.29) is 6.42 Å².